The maximum Gasteiger partial charge on any atom is 0.264 e. The van der Waals surface area contributed by atoms with Gasteiger partial charge >= 0.3 is 0 Å². The molecule has 3 aliphatic heterocycles. The highest BCUT2D eigenvalue weighted by atomic mass is 35.5. The van der Waals surface area contributed by atoms with Crippen molar-refractivity contribution in [1.82, 2.24) is 10.2 Å². The number of hydrogen-bond donors (Lipinski definition) is 1. The van der Waals surface area contributed by atoms with Crippen molar-refractivity contribution in [3.8, 4) is 0 Å². The number of sulfonamides is 1. The van der Waals surface area contributed by atoms with Crippen molar-refractivity contribution in [3.63, 3.8) is 0 Å². The van der Waals surface area contributed by atoms with Crippen LogP contribution in [0.1, 0.15) is 48.2 Å². The molecule has 3 aliphatic rings. The Balaban J connectivity index is 1.39. The first-order chi connectivity index (χ1) is 20.5. The van der Waals surface area contributed by atoms with Crippen LogP contribution in [0, 0.1) is 17.6 Å². The second-order valence-electron chi connectivity index (χ2n) is 12.0. The summed E-state index contributed by atoms with van der Waals surface area (Å²) in [5.74, 6) is -1.37. The van der Waals surface area contributed by atoms with E-state index in [1.807, 2.05) is 19.9 Å². The molecule has 3 aromatic rings. The molecule has 0 aliphatic carbocycles. The highest BCUT2D eigenvalue weighted by molar-refractivity contribution is 7.92. The number of nitrogens with zero attached hydrogens (tertiary/aromatic N) is 2. The molecule has 11 heteroatoms. The zero-order valence-electron chi connectivity index (χ0n) is 24.0. The SMILES string of the molecule is CC(C)C1N(S(=O)(=O)c2ccc(F)cc2)c2ccc(C(=O)NCc3ccc(F)cc3Cl)cc2C12CCN(C1COC1)CC2. The van der Waals surface area contributed by atoms with Crippen molar-refractivity contribution >= 4 is 33.2 Å². The summed E-state index contributed by atoms with van der Waals surface area (Å²) < 4.78 is 62.7. The second kappa shape index (κ2) is 11.5. The van der Waals surface area contributed by atoms with Crippen LogP contribution in [-0.4, -0.2) is 57.6 Å². The molecular formula is C32H34ClF2N3O4S. The van der Waals surface area contributed by atoms with Gasteiger partial charge in [0.25, 0.3) is 15.9 Å². The third kappa shape index (κ3) is 5.32. The Bertz CT molecular complexity index is 1640. The number of likely N-dealkylation sites (tertiary alicyclic amines) is 1. The molecule has 3 heterocycles. The number of carbonyl (C=O) groups is 1. The lowest BCUT2D eigenvalue weighted by Gasteiger charge is -2.49. The normalized spacial score (nSPS) is 20.3. The monoisotopic (exact) mass is 629 g/mol. The standard InChI is InChI=1S/C32H34ClF2N3O4S/c1-20(2)30-32(11-13-37(14-12-32)25-18-42-19-25)27-15-21(31(39)36-17-22-3-5-24(35)16-28(22)33)4-10-29(27)38(30)43(40,41)26-8-6-23(34)7-9-26/h3-10,15-16,20,25,30H,11-14,17-19H2,1-2H3,(H,36,39). The number of piperidine rings is 1. The average Bonchev–Trinajstić information content (AvgIpc) is 3.23. The molecule has 1 N–H and O–H groups in total. The smallest absolute Gasteiger partial charge is 0.264 e. The maximum atomic E-state index is 14.3. The van der Waals surface area contributed by atoms with Crippen LogP contribution in [0.15, 0.2) is 65.6 Å². The lowest BCUT2D eigenvalue weighted by atomic mass is 9.66. The number of amides is 1. The molecular weight excluding hydrogens is 596 g/mol. The van der Waals surface area contributed by atoms with Gasteiger partial charge in [-0.15, -0.1) is 0 Å². The van der Waals surface area contributed by atoms with Gasteiger partial charge in [0.2, 0.25) is 0 Å². The van der Waals surface area contributed by atoms with Gasteiger partial charge in [-0.3, -0.25) is 14.0 Å². The first-order valence-electron chi connectivity index (χ1n) is 14.5. The molecule has 0 aromatic heterocycles. The van der Waals surface area contributed by atoms with E-state index >= 15 is 0 Å². The van der Waals surface area contributed by atoms with Gasteiger partial charge < -0.3 is 10.1 Å². The molecule has 0 saturated carbocycles. The molecule has 3 aromatic carbocycles. The number of hydrogen-bond acceptors (Lipinski definition) is 5. The van der Waals surface area contributed by atoms with Gasteiger partial charge in [0.05, 0.1) is 35.9 Å². The number of ether oxygens (including phenoxy) is 1. The Morgan fingerprint density at radius 2 is 1.70 bits per heavy atom. The summed E-state index contributed by atoms with van der Waals surface area (Å²) in [6.07, 6.45) is 1.43. The number of nitrogens with one attached hydrogen (secondary N) is 1. The largest absolute Gasteiger partial charge is 0.378 e. The fourth-order valence-electron chi connectivity index (χ4n) is 6.94. The summed E-state index contributed by atoms with van der Waals surface area (Å²) in [5, 5.41) is 3.09. The molecule has 7 nitrogen and oxygen atoms in total. The average molecular weight is 630 g/mol. The van der Waals surface area contributed by atoms with E-state index < -0.39 is 33.1 Å². The Kier molecular flexibility index (Phi) is 8.00. The topological polar surface area (TPSA) is 79.0 Å². The Labute approximate surface area is 255 Å². The fraction of sp³-hybridized carbons (Fsp3) is 0.406. The first-order valence-corrected chi connectivity index (χ1v) is 16.3. The van der Waals surface area contributed by atoms with Gasteiger partial charge in [-0.25, -0.2) is 17.2 Å². The van der Waals surface area contributed by atoms with Crippen molar-refractivity contribution in [3.05, 3.63) is 94.0 Å². The first kappa shape index (κ1) is 30.0. The zero-order chi connectivity index (χ0) is 30.5. The van der Waals surface area contributed by atoms with Crippen LogP contribution in [0.25, 0.3) is 0 Å². The number of halogens is 3. The molecule has 1 spiro atoms. The Morgan fingerprint density at radius 1 is 1.02 bits per heavy atom. The fourth-order valence-corrected chi connectivity index (χ4v) is 9.04. The van der Waals surface area contributed by atoms with Crippen LogP contribution in [-0.2, 0) is 26.7 Å². The molecule has 0 radical (unpaired) electrons. The second-order valence-corrected chi connectivity index (χ2v) is 14.2. The van der Waals surface area contributed by atoms with Crippen LogP contribution < -0.4 is 9.62 Å². The van der Waals surface area contributed by atoms with Gasteiger partial charge in [-0.05, 0) is 97.6 Å². The van der Waals surface area contributed by atoms with Gasteiger partial charge in [0, 0.05) is 22.5 Å². The van der Waals surface area contributed by atoms with Crippen LogP contribution in [0.2, 0.25) is 5.02 Å². The molecule has 1 unspecified atom stereocenters. The van der Waals surface area contributed by atoms with Gasteiger partial charge in [-0.1, -0.05) is 31.5 Å². The predicted octanol–water partition coefficient (Wildman–Crippen LogP) is 5.51. The van der Waals surface area contributed by atoms with Crippen molar-refractivity contribution in [1.29, 1.82) is 0 Å². The van der Waals surface area contributed by atoms with Crippen LogP contribution >= 0.6 is 11.6 Å². The van der Waals surface area contributed by atoms with Crippen LogP contribution in [0.5, 0.6) is 0 Å². The summed E-state index contributed by atoms with van der Waals surface area (Å²) in [7, 11) is -4.06. The van der Waals surface area contributed by atoms with E-state index in [0.717, 1.165) is 30.8 Å². The quantitative estimate of drug-likeness (QED) is 0.373. The number of fused-ring (bicyclic) bond motifs is 2. The zero-order valence-corrected chi connectivity index (χ0v) is 25.6. The highest BCUT2D eigenvalue weighted by Crippen LogP contribution is 2.55. The minimum Gasteiger partial charge on any atom is -0.378 e. The van der Waals surface area contributed by atoms with E-state index in [1.54, 1.807) is 12.1 Å². The minimum absolute atomic E-state index is 0.0181. The lowest BCUT2D eigenvalue weighted by Crippen LogP contribution is -2.58. The summed E-state index contributed by atoms with van der Waals surface area (Å²) in [5.41, 5.74) is 1.82. The van der Waals surface area contributed by atoms with E-state index in [-0.39, 0.29) is 28.3 Å². The number of anilines is 1. The van der Waals surface area contributed by atoms with Crippen molar-refractivity contribution in [2.24, 2.45) is 5.92 Å². The molecule has 6 rings (SSSR count). The maximum absolute atomic E-state index is 14.3. The predicted molar refractivity (Wildman–Crippen MR) is 161 cm³/mol. The van der Waals surface area contributed by atoms with Gasteiger partial charge in [0.15, 0.2) is 0 Å². The van der Waals surface area contributed by atoms with Gasteiger partial charge in [-0.2, -0.15) is 0 Å². The van der Waals surface area contributed by atoms with E-state index in [9.17, 15) is 22.0 Å². The van der Waals surface area contributed by atoms with Crippen LogP contribution in [0.4, 0.5) is 14.5 Å². The summed E-state index contributed by atoms with van der Waals surface area (Å²) >= 11 is 6.16. The molecule has 1 atom stereocenters. The molecule has 1 amide bonds. The minimum atomic E-state index is -4.06. The van der Waals surface area contributed by atoms with Crippen LogP contribution in [0.3, 0.4) is 0 Å². The third-order valence-electron chi connectivity index (χ3n) is 9.13. The molecule has 0 bridgehead atoms. The van der Waals surface area contributed by atoms with E-state index in [2.05, 4.69) is 10.2 Å². The molecule has 2 saturated heterocycles. The van der Waals surface area contributed by atoms with E-state index in [1.165, 1.54) is 34.6 Å². The third-order valence-corrected chi connectivity index (χ3v) is 11.3. The highest BCUT2D eigenvalue weighted by Gasteiger charge is 2.57. The van der Waals surface area contributed by atoms with Crippen molar-refractivity contribution < 1.29 is 26.7 Å². The van der Waals surface area contributed by atoms with Crippen molar-refractivity contribution in [2.75, 3.05) is 30.6 Å². The summed E-state index contributed by atoms with van der Waals surface area (Å²) in [6, 6.07) is 14.1. The number of rotatable bonds is 7. The van der Waals surface area contributed by atoms with Gasteiger partial charge in [0.1, 0.15) is 11.6 Å². The van der Waals surface area contributed by atoms with Crippen molar-refractivity contribution in [2.45, 2.75) is 55.6 Å². The molecule has 228 valence electrons. The Morgan fingerprint density at radius 3 is 2.30 bits per heavy atom. The molecule has 43 heavy (non-hydrogen) atoms. The lowest BCUT2D eigenvalue weighted by molar-refractivity contribution is -0.0771. The Hall–Kier alpha value is -3.05. The number of carbonyl (C=O) groups excluding carboxylic acids is 1. The van der Waals surface area contributed by atoms with E-state index in [4.69, 9.17) is 16.3 Å². The number of benzene rings is 3. The summed E-state index contributed by atoms with van der Waals surface area (Å²) in [4.78, 5) is 15.8. The summed E-state index contributed by atoms with van der Waals surface area (Å²) in [6.45, 7) is 7.12. The van der Waals surface area contributed by atoms with E-state index in [0.29, 0.717) is 48.9 Å². The molecule has 2 fully saturated rings.